The first kappa shape index (κ1) is 53.1. The Morgan fingerprint density at radius 2 is 0.698 bits per heavy atom. The Balaban J connectivity index is -0.000000140. The van der Waals surface area contributed by atoms with Gasteiger partial charge >= 0.3 is 65.1 Å². The summed E-state index contributed by atoms with van der Waals surface area (Å²) in [6.45, 7) is 65.9. The van der Waals surface area contributed by atoms with Crippen LogP contribution in [0.15, 0.2) is 12.2 Å². The van der Waals surface area contributed by atoms with E-state index in [2.05, 4.69) is 200 Å². The number of hydrogen-bond donors (Lipinski definition) is 0. The summed E-state index contributed by atoms with van der Waals surface area (Å²) in [6.07, 6.45) is 1.29. The molecule has 0 saturated carbocycles. The molecular formula is C40H88OSSe. The van der Waals surface area contributed by atoms with Gasteiger partial charge in [-0.05, 0) is 71.1 Å². The van der Waals surface area contributed by atoms with E-state index in [0.717, 1.165) is 15.0 Å². The molecule has 0 amide bonds. The van der Waals surface area contributed by atoms with E-state index in [1.54, 1.807) is 0 Å². The summed E-state index contributed by atoms with van der Waals surface area (Å²) in [5.74, 6) is 0. The molecule has 0 aromatic carbocycles. The fourth-order valence-electron chi connectivity index (χ4n) is 4.35. The third kappa shape index (κ3) is 75.0. The van der Waals surface area contributed by atoms with E-state index >= 15 is 0 Å². The first-order chi connectivity index (χ1) is 17.8. The van der Waals surface area contributed by atoms with Crippen LogP contribution in [0.3, 0.4) is 0 Å². The fraction of sp³-hybridized carbons (Fsp3) is 0.950. The van der Waals surface area contributed by atoms with Crippen LogP contribution in [-0.2, 0) is 4.74 Å². The minimum atomic E-state index is -0.0156. The van der Waals surface area contributed by atoms with Gasteiger partial charge in [-0.1, -0.05) is 116 Å². The molecule has 1 nitrogen and oxygen atoms in total. The molecule has 0 aromatic heterocycles. The molecule has 0 radical (unpaired) electrons. The zero-order valence-electron chi connectivity index (χ0n) is 35.6. The van der Waals surface area contributed by atoms with Gasteiger partial charge in [-0.25, -0.2) is 0 Å². The van der Waals surface area contributed by atoms with Crippen LogP contribution in [0.4, 0.5) is 0 Å². The van der Waals surface area contributed by atoms with Crippen molar-refractivity contribution in [3.8, 4) is 0 Å². The standard InChI is InChI=1S/C9H20.C8H18O.C8H18S.C8H18Se.C7H14/c1-8(2,3)7-9(4,5)6;3*1-7(2,3)9-8(4,5)6;1-6(2)7(3,4)5/h7H2,1-6H3;3*1-6H3;1H2,2-5H3. The number of thioether (sulfide) groups is 1. The molecule has 43 heavy (non-hydrogen) atoms. The van der Waals surface area contributed by atoms with Crippen molar-refractivity contribution in [1.29, 1.82) is 0 Å². The van der Waals surface area contributed by atoms with Crippen LogP contribution in [0.2, 0.25) is 8.63 Å². The molecule has 0 unspecified atom stereocenters. The van der Waals surface area contributed by atoms with E-state index < -0.39 is 0 Å². The van der Waals surface area contributed by atoms with Crippen LogP contribution in [-0.4, -0.2) is 35.7 Å². The molecule has 0 aromatic rings. The predicted molar refractivity (Wildman–Crippen MR) is 211 cm³/mol. The van der Waals surface area contributed by atoms with Crippen molar-refractivity contribution in [2.75, 3.05) is 0 Å². The number of rotatable bonds is 0. The second-order valence-electron chi connectivity index (χ2n) is 21.3. The summed E-state index contributed by atoms with van der Waals surface area (Å²) >= 11 is 2.76. The number of ether oxygens (including phenoxy) is 1. The SMILES string of the molecule is C=C(C)C(C)(C)C.CC(C)(C)CC(C)(C)C.CC(C)(C)OC(C)(C)C.CC(C)(C)SC(C)(C)C.CC(C)(C)[Se]C(C)(C)C. The average molecular weight is 696 g/mol. The van der Waals surface area contributed by atoms with Crippen molar-refractivity contribution < 1.29 is 4.74 Å². The van der Waals surface area contributed by atoms with E-state index in [4.69, 9.17) is 4.74 Å². The quantitative estimate of drug-likeness (QED) is 0.184. The molecule has 0 aliphatic heterocycles. The third-order valence-corrected chi connectivity index (χ3v) is 7.97. The van der Waals surface area contributed by atoms with Crippen LogP contribution < -0.4 is 0 Å². The van der Waals surface area contributed by atoms with Crippen LogP contribution in [0.25, 0.3) is 0 Å². The zero-order valence-corrected chi connectivity index (χ0v) is 38.2. The maximum atomic E-state index is 5.62. The molecule has 266 valence electrons. The van der Waals surface area contributed by atoms with Crippen LogP contribution in [0, 0.1) is 16.2 Å². The molecule has 0 aliphatic rings. The molecule has 0 heterocycles. The first-order valence-corrected chi connectivity index (χ1v) is 19.1. The molecule has 3 heteroatoms. The predicted octanol–water partition coefficient (Wildman–Crippen LogP) is 15.1. The molecule has 0 N–H and O–H groups in total. The Bertz CT molecular complexity index is 547. The zero-order chi connectivity index (χ0) is 36.9. The van der Waals surface area contributed by atoms with E-state index in [-0.39, 0.29) is 11.2 Å². The van der Waals surface area contributed by atoms with Crippen molar-refractivity contribution in [3.05, 3.63) is 12.2 Å². The first-order valence-electron chi connectivity index (χ1n) is 16.5. The van der Waals surface area contributed by atoms with Gasteiger partial charge < -0.3 is 4.74 Å². The van der Waals surface area contributed by atoms with E-state index in [1.807, 2.05) is 11.8 Å². The van der Waals surface area contributed by atoms with Crippen LogP contribution in [0.5, 0.6) is 0 Å². The second kappa shape index (κ2) is 19.4. The van der Waals surface area contributed by atoms with Gasteiger partial charge in [0.15, 0.2) is 0 Å². The van der Waals surface area contributed by atoms with Gasteiger partial charge in [0.25, 0.3) is 0 Å². The van der Waals surface area contributed by atoms with Gasteiger partial charge in [0, 0.05) is 9.49 Å². The molecule has 0 aliphatic carbocycles. The van der Waals surface area contributed by atoms with Gasteiger partial charge in [0.05, 0.1) is 11.2 Å². The Morgan fingerprint density at radius 1 is 0.488 bits per heavy atom. The summed E-state index contributed by atoms with van der Waals surface area (Å²) < 4.78 is 7.52. The van der Waals surface area contributed by atoms with E-state index in [1.165, 1.54) is 12.0 Å². The molecule has 0 fully saturated rings. The Hall–Kier alpha value is 0.569. The van der Waals surface area contributed by atoms with E-state index in [9.17, 15) is 0 Å². The van der Waals surface area contributed by atoms with Gasteiger partial charge in [0.1, 0.15) is 0 Å². The summed E-state index contributed by atoms with van der Waals surface area (Å²) in [4.78, 5) is 0. The molecular weight excluding hydrogens is 607 g/mol. The topological polar surface area (TPSA) is 9.23 Å². The van der Waals surface area contributed by atoms with Gasteiger partial charge in [-0.15, -0.1) is 0 Å². The van der Waals surface area contributed by atoms with Crippen molar-refractivity contribution in [2.45, 2.75) is 230 Å². The second-order valence-corrected chi connectivity index (χ2v) is 29.5. The van der Waals surface area contributed by atoms with Crippen molar-refractivity contribution in [1.82, 2.24) is 0 Å². The molecule has 0 saturated heterocycles. The van der Waals surface area contributed by atoms with Crippen LogP contribution >= 0.6 is 11.8 Å². The molecule has 0 spiro atoms. The summed E-state index contributed by atoms with van der Waals surface area (Å²) in [6, 6.07) is 0. The maximum absolute atomic E-state index is 5.62. The normalized spacial score (nSPS) is 13.6. The molecule has 0 rings (SSSR count). The Morgan fingerprint density at radius 3 is 0.698 bits per heavy atom. The minimum absolute atomic E-state index is 0.0156. The number of hydrogen-bond acceptors (Lipinski definition) is 2. The fourth-order valence-corrected chi connectivity index (χ4v) is 10.0. The van der Waals surface area contributed by atoms with Gasteiger partial charge in [0.2, 0.25) is 0 Å². The van der Waals surface area contributed by atoms with Crippen LogP contribution in [0.1, 0.15) is 200 Å². The molecule has 0 bridgehead atoms. The Labute approximate surface area is 288 Å². The Kier molecular flexibility index (Phi) is 24.0. The van der Waals surface area contributed by atoms with Gasteiger partial charge in [-0.3, -0.25) is 0 Å². The van der Waals surface area contributed by atoms with Crippen molar-refractivity contribution >= 4 is 26.7 Å². The van der Waals surface area contributed by atoms with E-state index in [0.29, 0.717) is 34.4 Å². The summed E-state index contributed by atoms with van der Waals surface area (Å²) in [5.41, 5.74) is 2.49. The average Bonchev–Trinajstić information content (AvgIpc) is 2.40. The van der Waals surface area contributed by atoms with Crippen molar-refractivity contribution in [2.24, 2.45) is 16.2 Å². The van der Waals surface area contributed by atoms with Gasteiger partial charge in [-0.2, -0.15) is 11.8 Å². The third-order valence-electron chi connectivity index (χ3n) is 4.18. The monoisotopic (exact) mass is 697 g/mol. The van der Waals surface area contributed by atoms with Crippen molar-refractivity contribution in [3.63, 3.8) is 0 Å². The summed E-state index contributed by atoms with van der Waals surface area (Å²) in [7, 11) is 0. The molecule has 0 atom stereocenters. The number of allylic oxidation sites excluding steroid dienone is 1. The summed E-state index contributed by atoms with van der Waals surface area (Å²) in [5, 5.41) is 0.